The Labute approximate surface area is 129 Å². The standard InChI is InChI=1S/C14H24N4O2S/c1-2-20-10-5-9-18-14(15)17-8-4-7-16-13(19)12-6-3-11-21-12/h3,6,11H,2,4-5,7-10H2,1H3,(H,16,19)(H3,15,17,18). The van der Waals surface area contributed by atoms with Crippen LogP contribution in [0.3, 0.4) is 0 Å². The van der Waals surface area contributed by atoms with E-state index in [4.69, 9.17) is 10.5 Å². The summed E-state index contributed by atoms with van der Waals surface area (Å²) < 4.78 is 5.22. The Balaban J connectivity index is 2.01. The summed E-state index contributed by atoms with van der Waals surface area (Å²) >= 11 is 1.43. The molecule has 0 fully saturated rings. The van der Waals surface area contributed by atoms with Crippen LogP contribution in [0.2, 0.25) is 0 Å². The van der Waals surface area contributed by atoms with Crippen LogP contribution in [0.15, 0.2) is 22.5 Å². The minimum atomic E-state index is -0.0315. The van der Waals surface area contributed by atoms with Crippen LogP contribution >= 0.6 is 11.3 Å². The molecule has 4 N–H and O–H groups in total. The Morgan fingerprint density at radius 1 is 1.38 bits per heavy atom. The minimum Gasteiger partial charge on any atom is -0.382 e. The van der Waals surface area contributed by atoms with Gasteiger partial charge in [-0.15, -0.1) is 11.3 Å². The maximum Gasteiger partial charge on any atom is 0.261 e. The first kappa shape index (κ1) is 17.5. The summed E-state index contributed by atoms with van der Waals surface area (Å²) in [6, 6.07) is 3.67. The normalized spacial score (nSPS) is 11.4. The monoisotopic (exact) mass is 312 g/mol. The summed E-state index contributed by atoms with van der Waals surface area (Å²) in [5, 5.41) is 7.76. The van der Waals surface area contributed by atoms with Gasteiger partial charge < -0.3 is 21.1 Å². The Hall–Kier alpha value is -1.60. The number of nitrogens with two attached hydrogens (primary N) is 1. The summed E-state index contributed by atoms with van der Waals surface area (Å²) in [5.41, 5.74) is 5.72. The second-order valence-electron chi connectivity index (χ2n) is 4.33. The molecule has 0 aromatic carbocycles. The van der Waals surface area contributed by atoms with E-state index >= 15 is 0 Å². The van der Waals surface area contributed by atoms with Crippen molar-refractivity contribution in [2.45, 2.75) is 19.8 Å². The maximum atomic E-state index is 11.6. The molecule has 7 heteroatoms. The van der Waals surface area contributed by atoms with Gasteiger partial charge in [-0.3, -0.25) is 9.79 Å². The lowest BCUT2D eigenvalue weighted by Gasteiger charge is -2.06. The smallest absolute Gasteiger partial charge is 0.261 e. The first-order chi connectivity index (χ1) is 10.2. The summed E-state index contributed by atoms with van der Waals surface area (Å²) in [5.74, 6) is 0.409. The second-order valence-corrected chi connectivity index (χ2v) is 5.28. The van der Waals surface area contributed by atoms with Crippen LogP contribution in [0.1, 0.15) is 29.4 Å². The van der Waals surface area contributed by atoms with Crippen LogP contribution in [-0.2, 0) is 4.74 Å². The number of guanidine groups is 1. The second kappa shape index (κ2) is 11.1. The number of carbonyl (C=O) groups is 1. The fourth-order valence-corrected chi connectivity index (χ4v) is 2.21. The molecule has 1 aromatic rings. The number of hydrogen-bond acceptors (Lipinski definition) is 4. The zero-order chi connectivity index (χ0) is 15.3. The molecule has 0 spiro atoms. The highest BCUT2D eigenvalue weighted by atomic mass is 32.1. The van der Waals surface area contributed by atoms with Gasteiger partial charge in [0.05, 0.1) is 4.88 Å². The third kappa shape index (κ3) is 8.31. The Morgan fingerprint density at radius 2 is 2.19 bits per heavy atom. The van der Waals surface area contributed by atoms with Gasteiger partial charge in [-0.05, 0) is 31.2 Å². The van der Waals surface area contributed by atoms with E-state index in [9.17, 15) is 4.79 Å². The van der Waals surface area contributed by atoms with E-state index in [1.54, 1.807) is 0 Å². The molecule has 0 saturated heterocycles. The van der Waals surface area contributed by atoms with Crippen molar-refractivity contribution in [3.63, 3.8) is 0 Å². The van der Waals surface area contributed by atoms with Crippen LogP contribution < -0.4 is 16.4 Å². The molecule has 0 saturated carbocycles. The fourth-order valence-electron chi connectivity index (χ4n) is 1.57. The third-order valence-corrected chi connectivity index (χ3v) is 3.49. The lowest BCUT2D eigenvalue weighted by Crippen LogP contribution is -2.33. The van der Waals surface area contributed by atoms with Gasteiger partial charge in [0.15, 0.2) is 5.96 Å². The number of nitrogens with one attached hydrogen (secondary N) is 2. The van der Waals surface area contributed by atoms with Crippen molar-refractivity contribution in [2.75, 3.05) is 32.8 Å². The highest BCUT2D eigenvalue weighted by Crippen LogP contribution is 2.07. The SMILES string of the molecule is CCOCCCNC(N)=NCCCNC(=O)c1cccs1. The molecule has 0 unspecified atom stereocenters. The van der Waals surface area contributed by atoms with Crippen molar-refractivity contribution in [1.82, 2.24) is 10.6 Å². The summed E-state index contributed by atoms with van der Waals surface area (Å²) in [7, 11) is 0. The van der Waals surface area contributed by atoms with E-state index in [2.05, 4.69) is 15.6 Å². The predicted molar refractivity (Wildman–Crippen MR) is 86.9 cm³/mol. The van der Waals surface area contributed by atoms with Gasteiger partial charge in [-0.2, -0.15) is 0 Å². The van der Waals surface area contributed by atoms with E-state index in [1.807, 2.05) is 24.4 Å². The van der Waals surface area contributed by atoms with Gasteiger partial charge in [-0.1, -0.05) is 6.07 Å². The van der Waals surface area contributed by atoms with E-state index in [-0.39, 0.29) is 5.91 Å². The number of amides is 1. The predicted octanol–water partition coefficient (Wildman–Crippen LogP) is 1.20. The van der Waals surface area contributed by atoms with Gasteiger partial charge in [0.2, 0.25) is 0 Å². The first-order valence-corrected chi connectivity index (χ1v) is 8.05. The summed E-state index contributed by atoms with van der Waals surface area (Å²) in [6.45, 7) is 5.38. The van der Waals surface area contributed by atoms with Gasteiger partial charge in [0, 0.05) is 32.8 Å². The lowest BCUT2D eigenvalue weighted by atomic mass is 10.4. The van der Waals surface area contributed by atoms with Gasteiger partial charge in [0.1, 0.15) is 0 Å². The van der Waals surface area contributed by atoms with Crippen molar-refractivity contribution in [3.05, 3.63) is 22.4 Å². The molecule has 1 amide bonds. The van der Waals surface area contributed by atoms with Crippen LogP contribution in [0.25, 0.3) is 0 Å². The van der Waals surface area contributed by atoms with Gasteiger partial charge in [0.25, 0.3) is 5.91 Å². The largest absolute Gasteiger partial charge is 0.382 e. The van der Waals surface area contributed by atoms with E-state index in [0.29, 0.717) is 19.0 Å². The molecular weight excluding hydrogens is 288 g/mol. The van der Waals surface area contributed by atoms with Crippen LogP contribution in [-0.4, -0.2) is 44.7 Å². The number of carbonyl (C=O) groups excluding carboxylic acids is 1. The lowest BCUT2D eigenvalue weighted by molar-refractivity contribution is 0.0957. The van der Waals surface area contributed by atoms with Gasteiger partial charge >= 0.3 is 0 Å². The van der Waals surface area contributed by atoms with Crippen molar-refractivity contribution in [1.29, 1.82) is 0 Å². The molecule has 0 aliphatic carbocycles. The molecule has 1 rings (SSSR count). The topological polar surface area (TPSA) is 88.7 Å². The van der Waals surface area contributed by atoms with Crippen molar-refractivity contribution >= 4 is 23.2 Å². The van der Waals surface area contributed by atoms with E-state index < -0.39 is 0 Å². The summed E-state index contributed by atoms with van der Waals surface area (Å²) in [6.07, 6.45) is 1.67. The zero-order valence-corrected chi connectivity index (χ0v) is 13.2. The molecule has 0 aliphatic rings. The number of nitrogens with zero attached hydrogens (tertiary/aromatic N) is 1. The first-order valence-electron chi connectivity index (χ1n) is 7.17. The van der Waals surface area contributed by atoms with Crippen LogP contribution in [0, 0.1) is 0 Å². The Morgan fingerprint density at radius 3 is 2.90 bits per heavy atom. The molecule has 0 radical (unpaired) electrons. The molecule has 1 aromatic heterocycles. The molecule has 6 nitrogen and oxygen atoms in total. The maximum absolute atomic E-state index is 11.6. The number of rotatable bonds is 10. The third-order valence-electron chi connectivity index (χ3n) is 2.62. The molecule has 21 heavy (non-hydrogen) atoms. The van der Waals surface area contributed by atoms with Gasteiger partial charge in [-0.25, -0.2) is 0 Å². The number of hydrogen-bond donors (Lipinski definition) is 3. The quantitative estimate of drug-likeness (QED) is 0.344. The molecule has 118 valence electrons. The van der Waals surface area contributed by atoms with Crippen molar-refractivity contribution < 1.29 is 9.53 Å². The zero-order valence-electron chi connectivity index (χ0n) is 12.4. The minimum absolute atomic E-state index is 0.0315. The van der Waals surface area contributed by atoms with E-state index in [1.165, 1.54) is 11.3 Å². The fraction of sp³-hybridized carbons (Fsp3) is 0.571. The number of ether oxygens (including phenoxy) is 1. The Bertz CT molecular complexity index is 421. The average Bonchev–Trinajstić information content (AvgIpc) is 3.01. The average molecular weight is 312 g/mol. The van der Waals surface area contributed by atoms with Crippen LogP contribution in [0.4, 0.5) is 0 Å². The molecular formula is C14H24N4O2S. The van der Waals surface area contributed by atoms with E-state index in [0.717, 1.165) is 37.5 Å². The summed E-state index contributed by atoms with van der Waals surface area (Å²) in [4.78, 5) is 16.6. The highest BCUT2D eigenvalue weighted by molar-refractivity contribution is 7.12. The number of thiophene rings is 1. The van der Waals surface area contributed by atoms with Crippen molar-refractivity contribution in [2.24, 2.45) is 10.7 Å². The molecule has 0 bridgehead atoms. The molecule has 0 atom stereocenters. The highest BCUT2D eigenvalue weighted by Gasteiger charge is 2.04. The Kier molecular flexibility index (Phi) is 9.23. The van der Waals surface area contributed by atoms with Crippen LogP contribution in [0.5, 0.6) is 0 Å². The number of aliphatic imine (C=N–C) groups is 1. The molecule has 0 aliphatic heterocycles. The molecule has 1 heterocycles. The van der Waals surface area contributed by atoms with Crippen molar-refractivity contribution in [3.8, 4) is 0 Å².